The minimum absolute atomic E-state index is 0.0769. The number of ketones is 1. The lowest BCUT2D eigenvalue weighted by Gasteiger charge is -2.25. The van der Waals surface area contributed by atoms with Crippen LogP contribution in [0.3, 0.4) is 0 Å². The van der Waals surface area contributed by atoms with E-state index in [2.05, 4.69) is 33.0 Å². The molecule has 1 saturated heterocycles. The van der Waals surface area contributed by atoms with Gasteiger partial charge in [0.15, 0.2) is 11.2 Å². The van der Waals surface area contributed by atoms with E-state index in [9.17, 15) is 14.9 Å². The van der Waals surface area contributed by atoms with Crippen LogP contribution in [-0.2, 0) is 13.5 Å². The van der Waals surface area contributed by atoms with Crippen molar-refractivity contribution < 1.29 is 9.53 Å². The third-order valence-electron chi connectivity index (χ3n) is 7.91. The molecule has 1 aliphatic carbocycles. The van der Waals surface area contributed by atoms with Gasteiger partial charge in [-0.2, -0.15) is 10.2 Å². The van der Waals surface area contributed by atoms with Gasteiger partial charge >= 0.3 is 5.69 Å². The molecule has 4 heterocycles. The Morgan fingerprint density at radius 3 is 2.77 bits per heavy atom. The highest BCUT2D eigenvalue weighted by atomic mass is 32.1. The monoisotopic (exact) mass is 550 g/mol. The van der Waals surface area contributed by atoms with Gasteiger partial charge in [0.25, 0.3) is 0 Å². The number of aromatic nitrogens is 4. The van der Waals surface area contributed by atoms with Crippen molar-refractivity contribution in [2.75, 3.05) is 25.9 Å². The Hall–Kier alpha value is -3.69. The van der Waals surface area contributed by atoms with Gasteiger partial charge < -0.3 is 21.1 Å². The highest BCUT2D eigenvalue weighted by Gasteiger charge is 2.33. The molecule has 0 amide bonds. The van der Waals surface area contributed by atoms with Crippen LogP contribution in [0.5, 0.6) is 5.88 Å². The average molecular weight is 551 g/mol. The zero-order chi connectivity index (χ0) is 27.8. The van der Waals surface area contributed by atoms with E-state index < -0.39 is 5.78 Å². The predicted molar refractivity (Wildman–Crippen MR) is 150 cm³/mol. The number of nitrogens with one attached hydrogen (secondary N) is 1. The van der Waals surface area contributed by atoms with Gasteiger partial charge in [0, 0.05) is 35.2 Å². The lowest BCUT2D eigenvalue weighted by molar-refractivity contribution is 0.101. The molecule has 1 aliphatic heterocycles. The first-order chi connectivity index (χ1) is 18.7. The fourth-order valence-electron chi connectivity index (χ4n) is 5.76. The number of hydrogen-bond donors (Lipinski definition) is 3. The van der Waals surface area contributed by atoms with Crippen LogP contribution in [0.15, 0.2) is 16.1 Å². The van der Waals surface area contributed by atoms with Gasteiger partial charge in [0.05, 0.1) is 5.56 Å². The zero-order valence-electron chi connectivity index (χ0n) is 22.5. The smallest absolute Gasteiger partial charge is 0.327 e. The fourth-order valence-corrected chi connectivity index (χ4v) is 6.89. The topological polar surface area (TPSA) is 169 Å². The van der Waals surface area contributed by atoms with E-state index in [1.807, 2.05) is 6.92 Å². The largest absolute Gasteiger partial charge is 0.474 e. The number of thiophene rings is 1. The maximum Gasteiger partial charge on any atom is 0.327 e. The average Bonchev–Trinajstić information content (AvgIpc) is 3.58. The van der Waals surface area contributed by atoms with Crippen molar-refractivity contribution in [2.24, 2.45) is 12.8 Å². The van der Waals surface area contributed by atoms with Crippen molar-refractivity contribution in [1.29, 1.82) is 5.26 Å². The number of carbonyl (C=O) groups excluding carboxylic acids is 1. The lowest BCUT2D eigenvalue weighted by Crippen LogP contribution is -2.31. The molecule has 0 spiro atoms. The Balaban J connectivity index is 1.57. The van der Waals surface area contributed by atoms with Gasteiger partial charge in [0.2, 0.25) is 17.5 Å². The van der Waals surface area contributed by atoms with E-state index in [1.54, 1.807) is 7.05 Å². The predicted octanol–water partition coefficient (Wildman–Crippen LogP) is 2.96. The number of nitriles is 1. The SMILES string of the molecule is CCC/C(C(=O)c1nc(OC[C@@H]2CCCN2C)c2c(n1)[nH]c(=O)n2C)=C(/N)C1CCCc2sc(N)c(C#N)c21. The van der Waals surface area contributed by atoms with Crippen LogP contribution in [0, 0.1) is 11.3 Å². The second-order valence-corrected chi connectivity index (χ2v) is 11.5. The van der Waals surface area contributed by atoms with Crippen LogP contribution in [0.2, 0.25) is 0 Å². The van der Waals surface area contributed by atoms with Crippen molar-refractivity contribution in [1.82, 2.24) is 24.4 Å². The summed E-state index contributed by atoms with van der Waals surface area (Å²) in [7, 11) is 3.67. The quantitative estimate of drug-likeness (QED) is 0.282. The minimum atomic E-state index is -0.405. The lowest BCUT2D eigenvalue weighted by atomic mass is 9.80. The van der Waals surface area contributed by atoms with Crippen LogP contribution in [-0.4, -0.2) is 56.4 Å². The van der Waals surface area contributed by atoms with Gasteiger partial charge in [-0.15, -0.1) is 11.3 Å². The maximum absolute atomic E-state index is 14.0. The minimum Gasteiger partial charge on any atom is -0.474 e. The summed E-state index contributed by atoms with van der Waals surface area (Å²) in [5.41, 5.74) is 15.3. The van der Waals surface area contributed by atoms with Gasteiger partial charge in [-0.1, -0.05) is 13.3 Å². The number of aryl methyl sites for hydroxylation is 2. The number of nitrogens with zero attached hydrogens (tertiary/aromatic N) is 5. The van der Waals surface area contributed by atoms with Crippen LogP contribution in [0.1, 0.15) is 78.0 Å². The molecule has 2 aliphatic rings. The molecule has 206 valence electrons. The zero-order valence-corrected chi connectivity index (χ0v) is 23.4. The second kappa shape index (κ2) is 10.8. The summed E-state index contributed by atoms with van der Waals surface area (Å²) >= 11 is 1.43. The number of aromatic amines is 1. The molecule has 1 unspecified atom stereocenters. The van der Waals surface area contributed by atoms with Crippen LogP contribution in [0.25, 0.3) is 11.2 Å². The van der Waals surface area contributed by atoms with Crippen molar-refractivity contribution in [3.05, 3.63) is 43.6 Å². The molecule has 0 saturated carbocycles. The number of carbonyl (C=O) groups is 1. The highest BCUT2D eigenvalue weighted by molar-refractivity contribution is 7.16. The normalized spacial score (nSPS) is 20.1. The van der Waals surface area contributed by atoms with E-state index >= 15 is 0 Å². The molecule has 12 heteroatoms. The Morgan fingerprint density at radius 1 is 1.28 bits per heavy atom. The first-order valence-corrected chi connectivity index (χ1v) is 14.2. The second-order valence-electron chi connectivity index (χ2n) is 10.4. The summed E-state index contributed by atoms with van der Waals surface area (Å²) in [6, 6.07) is 2.46. The Morgan fingerprint density at radius 2 is 2.08 bits per heavy atom. The fraction of sp³-hybridized carbons (Fsp3) is 0.519. The number of hydrogen-bond acceptors (Lipinski definition) is 10. The Kier molecular flexibility index (Phi) is 7.46. The standard InChI is InChI=1S/C27H34N8O3S/c1-4-7-16(20(29)15-9-5-10-18-19(15)17(12-28)23(30)39-18)22(36)25-31-24-21(35(3)27(37)33-24)26(32-25)38-13-14-8-6-11-34(14)2/h14-15H,4-11,13,29-30H2,1-3H3,(H,31,32,33,37)/b20-16-/t14-,15?/m0/s1. The number of ether oxygens (including phenoxy) is 1. The number of allylic oxidation sites excluding steroid dienone is 2. The number of likely N-dealkylation sites (tertiary alicyclic amines) is 1. The molecule has 1 fully saturated rings. The van der Waals surface area contributed by atoms with Gasteiger partial charge in [-0.3, -0.25) is 14.3 Å². The van der Waals surface area contributed by atoms with Crippen molar-refractivity contribution in [3.8, 4) is 11.9 Å². The first-order valence-electron chi connectivity index (χ1n) is 13.4. The first kappa shape index (κ1) is 26.9. The molecule has 11 nitrogen and oxygen atoms in total. The van der Waals surface area contributed by atoms with Gasteiger partial charge in [0.1, 0.15) is 17.7 Å². The molecule has 39 heavy (non-hydrogen) atoms. The van der Waals surface area contributed by atoms with E-state index in [4.69, 9.17) is 16.2 Å². The third-order valence-corrected chi connectivity index (χ3v) is 9.00. The summed E-state index contributed by atoms with van der Waals surface area (Å²) in [6.07, 6.45) is 5.65. The van der Waals surface area contributed by atoms with Crippen LogP contribution >= 0.6 is 11.3 Å². The Labute approximate surface area is 230 Å². The maximum atomic E-state index is 14.0. The van der Waals surface area contributed by atoms with Crippen molar-refractivity contribution in [2.45, 2.75) is 63.8 Å². The number of anilines is 1. The molecule has 5 N–H and O–H groups in total. The van der Waals surface area contributed by atoms with Crippen molar-refractivity contribution in [3.63, 3.8) is 0 Å². The number of nitrogens with two attached hydrogens (primary N) is 2. The molecule has 3 aromatic rings. The molecule has 0 radical (unpaired) electrons. The molecule has 0 aromatic carbocycles. The molecule has 2 atom stereocenters. The molecule has 5 rings (SSSR count). The summed E-state index contributed by atoms with van der Waals surface area (Å²) in [4.78, 5) is 41.4. The number of nitrogen functional groups attached to an aromatic ring is 1. The molecule has 3 aromatic heterocycles. The van der Waals surface area contributed by atoms with E-state index in [0.29, 0.717) is 46.8 Å². The number of Topliss-reactive ketones (excluding diaryl/α,β-unsaturated/α-hetero) is 1. The Bertz CT molecular complexity index is 1560. The van der Waals surface area contributed by atoms with Gasteiger partial charge in [-0.05, 0) is 57.7 Å². The highest BCUT2D eigenvalue weighted by Crippen LogP contribution is 2.45. The summed E-state index contributed by atoms with van der Waals surface area (Å²) < 4.78 is 7.53. The van der Waals surface area contributed by atoms with Crippen LogP contribution < -0.4 is 21.9 Å². The van der Waals surface area contributed by atoms with Gasteiger partial charge in [-0.25, -0.2) is 9.78 Å². The van der Waals surface area contributed by atoms with Crippen LogP contribution in [0.4, 0.5) is 5.00 Å². The van der Waals surface area contributed by atoms with E-state index in [-0.39, 0.29) is 35.0 Å². The molecular weight excluding hydrogens is 516 g/mol. The summed E-state index contributed by atoms with van der Waals surface area (Å²) in [5, 5.41) is 10.3. The number of imidazole rings is 1. The number of fused-ring (bicyclic) bond motifs is 2. The third kappa shape index (κ3) is 4.81. The number of H-pyrrole nitrogens is 1. The van der Waals surface area contributed by atoms with E-state index in [0.717, 1.165) is 49.1 Å². The van der Waals surface area contributed by atoms with E-state index in [1.165, 1.54) is 15.9 Å². The molecule has 0 bridgehead atoms. The number of likely N-dealkylation sites (N-methyl/N-ethyl adjacent to an activating group) is 1. The summed E-state index contributed by atoms with van der Waals surface area (Å²) in [5.74, 6) is -0.572. The summed E-state index contributed by atoms with van der Waals surface area (Å²) in [6.45, 7) is 3.36. The molecular formula is C27H34N8O3S. The van der Waals surface area contributed by atoms with Crippen molar-refractivity contribution >= 4 is 33.3 Å². The number of rotatable bonds is 8.